The fourth-order valence-electron chi connectivity index (χ4n) is 2.97. The number of benzene rings is 1. The van der Waals surface area contributed by atoms with Crippen LogP contribution in [0.1, 0.15) is 41.0 Å². The summed E-state index contributed by atoms with van der Waals surface area (Å²) in [5, 5.41) is 4.79. The number of carbonyl (C=O) groups excluding carboxylic acids is 2. The number of amides is 2. The quantitative estimate of drug-likeness (QED) is 0.923. The molecule has 2 amide bonds. The van der Waals surface area contributed by atoms with Gasteiger partial charge in [0.25, 0.3) is 5.91 Å². The molecule has 1 fully saturated rings. The van der Waals surface area contributed by atoms with E-state index in [2.05, 4.69) is 5.32 Å². The smallest absolute Gasteiger partial charge is 0.264 e. The van der Waals surface area contributed by atoms with Crippen molar-refractivity contribution in [2.75, 3.05) is 6.54 Å². The summed E-state index contributed by atoms with van der Waals surface area (Å²) >= 11 is 1.39. The van der Waals surface area contributed by atoms with E-state index in [-0.39, 0.29) is 23.7 Å². The van der Waals surface area contributed by atoms with Crippen LogP contribution in [0.15, 0.2) is 41.8 Å². The second-order valence-electron chi connectivity index (χ2n) is 5.92. The van der Waals surface area contributed by atoms with Gasteiger partial charge in [0, 0.05) is 6.54 Å². The van der Waals surface area contributed by atoms with Crippen molar-refractivity contribution in [3.8, 4) is 0 Å². The maximum Gasteiger partial charge on any atom is 0.264 e. The largest absolute Gasteiger partial charge is 0.348 e. The molecule has 2 heterocycles. The number of hydrogen-bond acceptors (Lipinski definition) is 3. The number of halogens is 1. The molecule has 0 aliphatic carbocycles. The van der Waals surface area contributed by atoms with Crippen LogP contribution in [0.5, 0.6) is 0 Å². The van der Waals surface area contributed by atoms with Crippen LogP contribution >= 0.6 is 11.3 Å². The maximum atomic E-state index is 13.0. The highest BCUT2D eigenvalue weighted by Gasteiger charge is 2.35. The summed E-state index contributed by atoms with van der Waals surface area (Å²) in [7, 11) is 0. The Balaban J connectivity index is 1.67. The molecule has 1 aromatic carbocycles. The number of nitrogens with one attached hydrogen (secondary N) is 1. The number of likely N-dealkylation sites (tertiary alicyclic amines) is 1. The van der Waals surface area contributed by atoms with E-state index in [0.29, 0.717) is 17.8 Å². The molecule has 4 nitrogen and oxygen atoms in total. The molecular weight excluding hydrogens is 327 g/mol. The molecule has 0 saturated carbocycles. The van der Waals surface area contributed by atoms with Gasteiger partial charge in [0.05, 0.1) is 10.9 Å². The third-order valence-electron chi connectivity index (χ3n) is 4.28. The molecule has 0 radical (unpaired) electrons. The lowest BCUT2D eigenvalue weighted by atomic mass is 10.1. The van der Waals surface area contributed by atoms with Crippen molar-refractivity contribution in [3.63, 3.8) is 0 Å². The Bertz CT molecular complexity index is 715. The zero-order valence-electron chi connectivity index (χ0n) is 13.4. The van der Waals surface area contributed by atoms with E-state index in [4.69, 9.17) is 0 Å². The van der Waals surface area contributed by atoms with Crippen LogP contribution in [0.3, 0.4) is 0 Å². The minimum Gasteiger partial charge on any atom is -0.348 e. The third-order valence-corrected chi connectivity index (χ3v) is 5.13. The molecule has 2 aromatic rings. The highest BCUT2D eigenvalue weighted by molar-refractivity contribution is 7.12. The van der Waals surface area contributed by atoms with E-state index in [0.717, 1.165) is 12.0 Å². The maximum absolute atomic E-state index is 13.0. The molecular formula is C18H19FN2O2S. The van der Waals surface area contributed by atoms with E-state index in [1.807, 2.05) is 18.4 Å². The Kier molecular flexibility index (Phi) is 4.94. The monoisotopic (exact) mass is 346 g/mol. The lowest BCUT2D eigenvalue weighted by Crippen LogP contribution is -2.46. The molecule has 1 N–H and O–H groups in total. The summed E-state index contributed by atoms with van der Waals surface area (Å²) in [6.45, 7) is 2.45. The van der Waals surface area contributed by atoms with Crippen molar-refractivity contribution in [1.29, 1.82) is 0 Å². The third kappa shape index (κ3) is 3.48. The summed E-state index contributed by atoms with van der Waals surface area (Å²) in [6.07, 6.45) is 1.49. The van der Waals surface area contributed by atoms with Gasteiger partial charge >= 0.3 is 0 Å². The van der Waals surface area contributed by atoms with Crippen molar-refractivity contribution < 1.29 is 14.0 Å². The zero-order chi connectivity index (χ0) is 17.1. The van der Waals surface area contributed by atoms with E-state index in [1.165, 1.54) is 23.5 Å². The van der Waals surface area contributed by atoms with Crippen molar-refractivity contribution in [3.05, 3.63) is 58.0 Å². The van der Waals surface area contributed by atoms with Gasteiger partial charge in [0.1, 0.15) is 11.9 Å². The number of thiophene rings is 1. The van der Waals surface area contributed by atoms with E-state index in [9.17, 15) is 14.0 Å². The molecule has 2 atom stereocenters. The molecule has 0 bridgehead atoms. The van der Waals surface area contributed by atoms with Crippen molar-refractivity contribution in [2.45, 2.75) is 31.8 Å². The molecule has 126 valence electrons. The van der Waals surface area contributed by atoms with Gasteiger partial charge in [0.2, 0.25) is 5.91 Å². The predicted molar refractivity (Wildman–Crippen MR) is 91.3 cm³/mol. The van der Waals surface area contributed by atoms with Crippen LogP contribution in [0, 0.1) is 5.82 Å². The summed E-state index contributed by atoms with van der Waals surface area (Å²) in [5.41, 5.74) is 0.832. The number of carbonyl (C=O) groups is 2. The van der Waals surface area contributed by atoms with Gasteiger partial charge in [-0.2, -0.15) is 0 Å². The molecule has 1 aliphatic heterocycles. The minimum absolute atomic E-state index is 0.0860. The predicted octanol–water partition coefficient (Wildman–Crippen LogP) is 3.37. The summed E-state index contributed by atoms with van der Waals surface area (Å²) in [6, 6.07) is 8.99. The van der Waals surface area contributed by atoms with Gasteiger partial charge in [-0.1, -0.05) is 18.2 Å². The van der Waals surface area contributed by atoms with Gasteiger partial charge in [-0.05, 0) is 48.9 Å². The van der Waals surface area contributed by atoms with E-state index < -0.39 is 6.04 Å². The molecule has 3 rings (SSSR count). The van der Waals surface area contributed by atoms with Gasteiger partial charge in [-0.15, -0.1) is 11.3 Å². The Morgan fingerprint density at radius 1 is 1.29 bits per heavy atom. The molecule has 1 aliphatic rings. The van der Waals surface area contributed by atoms with Gasteiger partial charge in [-0.25, -0.2) is 4.39 Å². The van der Waals surface area contributed by atoms with E-state index in [1.54, 1.807) is 23.1 Å². The van der Waals surface area contributed by atoms with Crippen LogP contribution in [0.4, 0.5) is 4.39 Å². The van der Waals surface area contributed by atoms with Crippen LogP contribution in [-0.4, -0.2) is 29.3 Å². The fourth-order valence-corrected chi connectivity index (χ4v) is 3.65. The Morgan fingerprint density at radius 3 is 2.71 bits per heavy atom. The Labute approximate surface area is 144 Å². The highest BCUT2D eigenvalue weighted by atomic mass is 32.1. The topological polar surface area (TPSA) is 49.4 Å². The molecule has 1 unspecified atom stereocenters. The first kappa shape index (κ1) is 16.6. The minimum atomic E-state index is -0.442. The average molecular weight is 346 g/mol. The summed E-state index contributed by atoms with van der Waals surface area (Å²) in [4.78, 5) is 27.4. The van der Waals surface area contributed by atoms with Crippen molar-refractivity contribution in [1.82, 2.24) is 10.2 Å². The number of nitrogens with zero attached hydrogens (tertiary/aromatic N) is 1. The van der Waals surface area contributed by atoms with Crippen LogP contribution in [0.25, 0.3) is 0 Å². The fraction of sp³-hybridized carbons (Fsp3) is 0.333. The normalized spacial score (nSPS) is 18.4. The van der Waals surface area contributed by atoms with Crippen molar-refractivity contribution >= 4 is 23.2 Å². The van der Waals surface area contributed by atoms with Crippen LogP contribution in [0.2, 0.25) is 0 Å². The van der Waals surface area contributed by atoms with Crippen LogP contribution < -0.4 is 5.32 Å². The molecule has 6 heteroatoms. The van der Waals surface area contributed by atoms with E-state index >= 15 is 0 Å². The number of hydrogen-bond donors (Lipinski definition) is 1. The standard InChI is InChI=1S/C18H19FN2O2S/c1-12(13-6-8-14(19)9-7-13)20-17(22)15-4-2-10-21(15)18(23)16-5-3-11-24-16/h3,5-9,11-12,15H,2,4,10H2,1H3,(H,20,22)/t12?,15-/m0/s1. The Morgan fingerprint density at radius 2 is 2.04 bits per heavy atom. The second kappa shape index (κ2) is 7.13. The lowest BCUT2D eigenvalue weighted by molar-refractivity contribution is -0.125. The Hall–Kier alpha value is -2.21. The lowest BCUT2D eigenvalue weighted by Gasteiger charge is -2.25. The van der Waals surface area contributed by atoms with Crippen LogP contribution in [-0.2, 0) is 4.79 Å². The van der Waals surface area contributed by atoms with Crippen molar-refractivity contribution in [2.24, 2.45) is 0 Å². The SMILES string of the molecule is CC(NC(=O)[C@@H]1CCCN1C(=O)c1cccs1)c1ccc(F)cc1. The summed E-state index contributed by atoms with van der Waals surface area (Å²) < 4.78 is 13.0. The first-order valence-electron chi connectivity index (χ1n) is 7.96. The molecule has 24 heavy (non-hydrogen) atoms. The van der Waals surface area contributed by atoms with Gasteiger partial charge in [-0.3, -0.25) is 9.59 Å². The summed E-state index contributed by atoms with van der Waals surface area (Å²) in [5.74, 6) is -0.549. The first-order chi connectivity index (χ1) is 11.6. The van der Waals surface area contributed by atoms with Gasteiger partial charge < -0.3 is 10.2 Å². The highest BCUT2D eigenvalue weighted by Crippen LogP contribution is 2.23. The zero-order valence-corrected chi connectivity index (χ0v) is 14.2. The first-order valence-corrected chi connectivity index (χ1v) is 8.84. The number of rotatable bonds is 4. The molecule has 0 spiro atoms. The molecule has 1 aromatic heterocycles. The average Bonchev–Trinajstić information content (AvgIpc) is 3.26. The molecule has 1 saturated heterocycles. The second-order valence-corrected chi connectivity index (χ2v) is 6.86. The van der Waals surface area contributed by atoms with Gasteiger partial charge in [0.15, 0.2) is 0 Å².